The molecule has 0 bridgehead atoms. The number of likely N-dealkylation sites (N-methyl/N-ethyl adjacent to an activating group) is 1. The second kappa shape index (κ2) is 7.52. The van der Waals surface area contributed by atoms with Crippen LogP contribution in [0.4, 0.5) is 11.4 Å². The number of benzene rings is 1. The van der Waals surface area contributed by atoms with Crippen molar-refractivity contribution in [2.75, 3.05) is 29.9 Å². The van der Waals surface area contributed by atoms with Gasteiger partial charge in [-0.2, -0.15) is 0 Å². The lowest BCUT2D eigenvalue weighted by Crippen LogP contribution is -2.25. The number of furan rings is 1. The molecule has 4 nitrogen and oxygen atoms in total. The molecule has 0 aliphatic carbocycles. The van der Waals surface area contributed by atoms with Crippen LogP contribution in [0.3, 0.4) is 0 Å². The lowest BCUT2D eigenvalue weighted by atomic mass is 10.2. The molecule has 0 spiro atoms. The van der Waals surface area contributed by atoms with Gasteiger partial charge in [0.1, 0.15) is 5.76 Å². The van der Waals surface area contributed by atoms with Crippen molar-refractivity contribution in [3.05, 3.63) is 46.8 Å². The van der Waals surface area contributed by atoms with Crippen molar-refractivity contribution in [2.45, 2.75) is 19.9 Å². The fourth-order valence-corrected chi connectivity index (χ4v) is 2.56. The molecule has 0 saturated carbocycles. The summed E-state index contributed by atoms with van der Waals surface area (Å²) in [5.41, 5.74) is 2.16. The SMILES string of the molecule is CCN(CCO)c1ccc(NC(C)c2ccc(Br)o2)cc1. The molecule has 1 atom stereocenters. The third kappa shape index (κ3) is 4.25. The number of anilines is 2. The Morgan fingerprint density at radius 1 is 1.24 bits per heavy atom. The second-order valence-electron chi connectivity index (χ2n) is 4.86. The molecular weight excluding hydrogens is 332 g/mol. The normalized spacial score (nSPS) is 12.2. The minimum absolute atomic E-state index is 0.0990. The Kier molecular flexibility index (Phi) is 5.70. The molecule has 0 aliphatic rings. The van der Waals surface area contributed by atoms with Crippen LogP contribution in [0, 0.1) is 0 Å². The van der Waals surface area contributed by atoms with Crippen LogP contribution in [-0.2, 0) is 0 Å². The van der Waals surface area contributed by atoms with Crippen LogP contribution < -0.4 is 10.2 Å². The largest absolute Gasteiger partial charge is 0.452 e. The Hall–Kier alpha value is -1.46. The average Bonchev–Trinajstić information content (AvgIpc) is 2.92. The average molecular weight is 353 g/mol. The van der Waals surface area contributed by atoms with E-state index in [0.717, 1.165) is 28.3 Å². The monoisotopic (exact) mass is 352 g/mol. The fraction of sp³-hybridized carbons (Fsp3) is 0.375. The molecule has 0 fully saturated rings. The molecule has 2 aromatic rings. The first-order chi connectivity index (χ1) is 10.1. The first-order valence-electron chi connectivity index (χ1n) is 7.11. The summed E-state index contributed by atoms with van der Waals surface area (Å²) in [6.45, 7) is 5.84. The van der Waals surface area contributed by atoms with Crippen LogP contribution >= 0.6 is 15.9 Å². The summed E-state index contributed by atoms with van der Waals surface area (Å²) in [5.74, 6) is 0.890. The zero-order chi connectivity index (χ0) is 15.2. The molecule has 1 aromatic carbocycles. The van der Waals surface area contributed by atoms with Crippen LogP contribution in [0.2, 0.25) is 0 Å². The summed E-state index contributed by atoms with van der Waals surface area (Å²) >= 11 is 3.31. The van der Waals surface area contributed by atoms with Gasteiger partial charge in [0, 0.05) is 24.5 Å². The molecule has 0 amide bonds. The van der Waals surface area contributed by atoms with Crippen molar-refractivity contribution in [2.24, 2.45) is 0 Å². The van der Waals surface area contributed by atoms with Gasteiger partial charge in [-0.25, -0.2) is 0 Å². The van der Waals surface area contributed by atoms with Gasteiger partial charge in [-0.1, -0.05) is 0 Å². The first kappa shape index (κ1) is 15.9. The highest BCUT2D eigenvalue weighted by Crippen LogP contribution is 2.25. The highest BCUT2D eigenvalue weighted by Gasteiger charge is 2.10. The van der Waals surface area contributed by atoms with E-state index in [9.17, 15) is 0 Å². The molecule has 2 N–H and O–H groups in total. The zero-order valence-electron chi connectivity index (χ0n) is 12.3. The van der Waals surface area contributed by atoms with E-state index in [-0.39, 0.29) is 12.6 Å². The molecule has 1 aromatic heterocycles. The number of rotatable bonds is 7. The van der Waals surface area contributed by atoms with Crippen LogP contribution in [0.1, 0.15) is 25.6 Å². The number of aliphatic hydroxyl groups is 1. The van der Waals surface area contributed by atoms with Gasteiger partial charge in [-0.05, 0) is 66.2 Å². The van der Waals surface area contributed by atoms with E-state index < -0.39 is 0 Å². The van der Waals surface area contributed by atoms with Crippen molar-refractivity contribution >= 4 is 27.3 Å². The number of halogens is 1. The molecule has 0 aliphatic heterocycles. The third-order valence-electron chi connectivity index (χ3n) is 3.39. The van der Waals surface area contributed by atoms with Crippen LogP contribution in [0.5, 0.6) is 0 Å². The van der Waals surface area contributed by atoms with Crippen molar-refractivity contribution in [3.8, 4) is 0 Å². The summed E-state index contributed by atoms with van der Waals surface area (Å²) in [6, 6.07) is 12.2. The maximum absolute atomic E-state index is 9.06. The van der Waals surface area contributed by atoms with E-state index in [1.165, 1.54) is 0 Å². The molecule has 1 unspecified atom stereocenters. The quantitative estimate of drug-likeness (QED) is 0.789. The van der Waals surface area contributed by atoms with E-state index >= 15 is 0 Å². The van der Waals surface area contributed by atoms with Gasteiger partial charge in [0.05, 0.1) is 12.6 Å². The summed E-state index contributed by atoms with van der Waals surface area (Å²) in [6.07, 6.45) is 0. The third-order valence-corrected chi connectivity index (χ3v) is 3.81. The topological polar surface area (TPSA) is 48.6 Å². The smallest absolute Gasteiger partial charge is 0.169 e. The lowest BCUT2D eigenvalue weighted by molar-refractivity contribution is 0.302. The highest BCUT2D eigenvalue weighted by atomic mass is 79.9. The first-order valence-corrected chi connectivity index (χ1v) is 7.91. The predicted molar refractivity (Wildman–Crippen MR) is 89.9 cm³/mol. The second-order valence-corrected chi connectivity index (χ2v) is 5.64. The Morgan fingerprint density at radius 2 is 1.95 bits per heavy atom. The van der Waals surface area contributed by atoms with Gasteiger partial charge in [0.2, 0.25) is 0 Å². The van der Waals surface area contributed by atoms with E-state index in [0.29, 0.717) is 6.54 Å². The Morgan fingerprint density at radius 3 is 2.48 bits per heavy atom. The summed E-state index contributed by atoms with van der Waals surface area (Å²) in [7, 11) is 0. The Labute approximate surface area is 133 Å². The molecule has 0 radical (unpaired) electrons. The molecule has 0 saturated heterocycles. The van der Waals surface area contributed by atoms with Gasteiger partial charge in [0.25, 0.3) is 0 Å². The minimum Gasteiger partial charge on any atom is -0.452 e. The van der Waals surface area contributed by atoms with Crippen molar-refractivity contribution < 1.29 is 9.52 Å². The van der Waals surface area contributed by atoms with Gasteiger partial charge >= 0.3 is 0 Å². The summed E-state index contributed by atoms with van der Waals surface area (Å²) < 4.78 is 6.29. The van der Waals surface area contributed by atoms with Crippen molar-refractivity contribution in [1.82, 2.24) is 0 Å². The van der Waals surface area contributed by atoms with Gasteiger partial charge in [-0.15, -0.1) is 0 Å². The molecule has 114 valence electrons. The van der Waals surface area contributed by atoms with Gasteiger partial charge in [0.15, 0.2) is 4.67 Å². The van der Waals surface area contributed by atoms with Crippen molar-refractivity contribution in [3.63, 3.8) is 0 Å². The number of hydrogen-bond donors (Lipinski definition) is 2. The van der Waals surface area contributed by atoms with Gasteiger partial charge < -0.3 is 19.7 Å². The Balaban J connectivity index is 2.02. The van der Waals surface area contributed by atoms with E-state index in [1.807, 2.05) is 24.3 Å². The highest BCUT2D eigenvalue weighted by molar-refractivity contribution is 9.10. The molecule has 21 heavy (non-hydrogen) atoms. The molecule has 2 rings (SSSR count). The van der Waals surface area contributed by atoms with Crippen LogP contribution in [-0.4, -0.2) is 24.8 Å². The predicted octanol–water partition coefficient (Wildman–Crippen LogP) is 4.03. The Bertz CT molecular complexity index is 554. The standard InChI is InChI=1S/C16H21BrN2O2/c1-3-19(10-11-20)14-6-4-13(5-7-14)18-12(2)15-8-9-16(17)21-15/h4-9,12,18,20H,3,10-11H2,1-2H3. The van der Waals surface area contributed by atoms with Crippen molar-refractivity contribution in [1.29, 1.82) is 0 Å². The lowest BCUT2D eigenvalue weighted by Gasteiger charge is -2.22. The fourth-order valence-electron chi connectivity index (χ4n) is 2.24. The summed E-state index contributed by atoms with van der Waals surface area (Å²) in [5, 5.41) is 12.5. The van der Waals surface area contributed by atoms with E-state index in [1.54, 1.807) is 0 Å². The molecule has 1 heterocycles. The van der Waals surface area contributed by atoms with Crippen LogP contribution in [0.15, 0.2) is 45.5 Å². The number of nitrogens with one attached hydrogen (secondary N) is 1. The van der Waals surface area contributed by atoms with E-state index in [4.69, 9.17) is 9.52 Å². The number of aliphatic hydroxyl groups excluding tert-OH is 1. The maximum atomic E-state index is 9.06. The maximum Gasteiger partial charge on any atom is 0.169 e. The van der Waals surface area contributed by atoms with E-state index in [2.05, 4.69) is 52.1 Å². The zero-order valence-corrected chi connectivity index (χ0v) is 13.9. The minimum atomic E-state index is 0.0990. The van der Waals surface area contributed by atoms with Gasteiger partial charge in [-0.3, -0.25) is 0 Å². The number of hydrogen-bond acceptors (Lipinski definition) is 4. The van der Waals surface area contributed by atoms with Crippen LogP contribution in [0.25, 0.3) is 0 Å². The molecule has 5 heteroatoms. The molecular formula is C16H21BrN2O2. The number of nitrogens with zero attached hydrogens (tertiary/aromatic N) is 1. The summed E-state index contributed by atoms with van der Waals surface area (Å²) in [4.78, 5) is 2.14.